The molecule has 0 saturated carbocycles. The number of fused-ring (bicyclic) bond motifs is 2. The molecule has 2 heterocycles. The van der Waals surface area contributed by atoms with Gasteiger partial charge in [0.15, 0.2) is 0 Å². The van der Waals surface area contributed by atoms with Gasteiger partial charge in [0.05, 0.1) is 49.9 Å². The fraction of sp³-hybridized carbons (Fsp3) is 0.444. The van der Waals surface area contributed by atoms with Crippen LogP contribution in [0.15, 0.2) is 42.5 Å². The van der Waals surface area contributed by atoms with E-state index in [1.54, 1.807) is 0 Å². The van der Waals surface area contributed by atoms with Crippen LogP contribution in [-0.2, 0) is 32.2 Å². The van der Waals surface area contributed by atoms with E-state index in [4.69, 9.17) is 14.2 Å². The average molecular weight is 614 g/mol. The quantitative estimate of drug-likeness (QED) is 0.273. The summed E-state index contributed by atoms with van der Waals surface area (Å²) >= 11 is 0. The maximum Gasteiger partial charge on any atom is 0.306 e. The smallest absolute Gasteiger partial charge is 0.306 e. The maximum atomic E-state index is 11.8. The second-order valence-corrected chi connectivity index (χ2v) is 14.9. The summed E-state index contributed by atoms with van der Waals surface area (Å²) in [5.41, 5.74) is 9.78. The lowest BCUT2D eigenvalue weighted by atomic mass is 9.85. The summed E-state index contributed by atoms with van der Waals surface area (Å²) in [7, 11) is -1.48. The number of rotatable bonds is 8. The molecule has 1 fully saturated rings. The van der Waals surface area contributed by atoms with Crippen molar-refractivity contribution in [2.75, 3.05) is 31.8 Å². The van der Waals surface area contributed by atoms with E-state index in [0.717, 1.165) is 58.6 Å². The first kappa shape index (κ1) is 30.2. The number of aryl methyl sites for hydroxylation is 2. The molecule has 3 aromatic carbocycles. The highest BCUT2D eigenvalue weighted by Gasteiger charge is 2.31. The zero-order valence-electron chi connectivity index (χ0n) is 25.6. The molecule has 2 aliphatic heterocycles. The third kappa shape index (κ3) is 6.08. The van der Waals surface area contributed by atoms with Crippen molar-refractivity contribution in [3.63, 3.8) is 0 Å². The number of carbonyl (C=O) groups is 1. The molecule has 2 unspecified atom stereocenters. The molecular formula is C36H39NO6S. The van der Waals surface area contributed by atoms with Crippen LogP contribution in [0.4, 0.5) is 0 Å². The number of hydrogen-bond donors (Lipinski definition) is 0. The molecule has 0 amide bonds. The molecule has 0 N–H and O–H groups in total. The normalized spacial score (nSPS) is 20.3. The third-order valence-electron chi connectivity index (χ3n) is 9.65. The van der Waals surface area contributed by atoms with Gasteiger partial charge < -0.3 is 14.2 Å². The van der Waals surface area contributed by atoms with E-state index in [2.05, 4.69) is 44.2 Å². The molecule has 3 aromatic rings. The van der Waals surface area contributed by atoms with Crippen LogP contribution in [0.5, 0.6) is 11.5 Å². The standard InChI is InChI=1S/C36H39NO6S/c1-22-14-29(42-20-24-10-12-44(39,40)13-11-24)15-23(2)35(22)36-27(19-37)6-8-30-26(5-9-32(30)36)16-25-4-7-31-28(18-34(38)41-3)21-43-33(31)17-25/h4,6-8,14-15,17,24,26,28H,5,9-13,16,18,20-21H2,1-3H3. The zero-order chi connectivity index (χ0) is 31.0. The number of ether oxygens (including phenoxy) is 3. The first-order chi connectivity index (χ1) is 21.2. The number of carbonyl (C=O) groups excluding carboxylic acids is 1. The lowest BCUT2D eigenvalue weighted by molar-refractivity contribution is -0.141. The first-order valence-electron chi connectivity index (χ1n) is 15.5. The summed E-state index contributed by atoms with van der Waals surface area (Å²) in [6, 6.07) is 17.0. The van der Waals surface area contributed by atoms with Gasteiger partial charge in [-0.05, 0) is 115 Å². The van der Waals surface area contributed by atoms with Crippen LogP contribution in [0, 0.1) is 31.1 Å². The number of hydrogen-bond acceptors (Lipinski definition) is 7. The number of sulfone groups is 1. The molecule has 7 nitrogen and oxygen atoms in total. The van der Waals surface area contributed by atoms with Crippen molar-refractivity contribution in [1.82, 2.24) is 0 Å². The lowest BCUT2D eigenvalue weighted by Gasteiger charge is -2.23. The van der Waals surface area contributed by atoms with Gasteiger partial charge in [0.25, 0.3) is 0 Å². The van der Waals surface area contributed by atoms with Gasteiger partial charge in [-0.1, -0.05) is 18.2 Å². The molecular weight excluding hydrogens is 574 g/mol. The molecule has 0 radical (unpaired) electrons. The van der Waals surface area contributed by atoms with Crippen LogP contribution >= 0.6 is 0 Å². The predicted molar refractivity (Wildman–Crippen MR) is 169 cm³/mol. The molecule has 3 aliphatic rings. The largest absolute Gasteiger partial charge is 0.493 e. The Labute approximate surface area is 260 Å². The third-order valence-corrected chi connectivity index (χ3v) is 11.4. The molecule has 2 atom stereocenters. The summed E-state index contributed by atoms with van der Waals surface area (Å²) in [5.74, 6) is 2.52. The summed E-state index contributed by atoms with van der Waals surface area (Å²) in [6.07, 6.45) is 4.42. The fourth-order valence-corrected chi connectivity index (χ4v) is 8.88. The highest BCUT2D eigenvalue weighted by molar-refractivity contribution is 7.91. The Bertz CT molecular complexity index is 1720. The van der Waals surface area contributed by atoms with E-state index in [0.29, 0.717) is 44.0 Å². The van der Waals surface area contributed by atoms with Crippen molar-refractivity contribution >= 4 is 15.8 Å². The molecule has 230 valence electrons. The van der Waals surface area contributed by atoms with Gasteiger partial charge in [0.2, 0.25) is 0 Å². The molecule has 1 saturated heterocycles. The van der Waals surface area contributed by atoms with Gasteiger partial charge in [-0.3, -0.25) is 4.79 Å². The van der Waals surface area contributed by atoms with Crippen LogP contribution in [0.25, 0.3) is 11.1 Å². The number of nitrogens with zero attached hydrogens (tertiary/aromatic N) is 1. The molecule has 0 aromatic heterocycles. The van der Waals surface area contributed by atoms with Gasteiger partial charge in [0.1, 0.15) is 21.3 Å². The Morgan fingerprint density at radius 2 is 1.70 bits per heavy atom. The number of methoxy groups -OCH3 is 1. The molecule has 0 bridgehead atoms. The highest BCUT2D eigenvalue weighted by atomic mass is 32.2. The number of nitriles is 1. The van der Waals surface area contributed by atoms with Gasteiger partial charge >= 0.3 is 5.97 Å². The van der Waals surface area contributed by atoms with Gasteiger partial charge in [-0.15, -0.1) is 0 Å². The zero-order valence-corrected chi connectivity index (χ0v) is 26.5. The highest BCUT2D eigenvalue weighted by Crippen LogP contribution is 2.45. The van der Waals surface area contributed by atoms with Crippen molar-refractivity contribution in [3.8, 4) is 28.7 Å². The Morgan fingerprint density at radius 1 is 0.977 bits per heavy atom. The van der Waals surface area contributed by atoms with Crippen molar-refractivity contribution in [3.05, 3.63) is 81.4 Å². The molecule has 8 heteroatoms. The lowest BCUT2D eigenvalue weighted by Crippen LogP contribution is -2.26. The summed E-state index contributed by atoms with van der Waals surface area (Å²) in [6.45, 7) is 5.16. The minimum absolute atomic E-state index is 0.0278. The minimum Gasteiger partial charge on any atom is -0.493 e. The molecule has 6 rings (SSSR count). The summed E-state index contributed by atoms with van der Waals surface area (Å²) < 4.78 is 40.5. The van der Waals surface area contributed by atoms with Crippen LogP contribution in [-0.4, -0.2) is 46.2 Å². The van der Waals surface area contributed by atoms with Crippen molar-refractivity contribution in [1.29, 1.82) is 5.26 Å². The number of benzene rings is 3. The maximum absolute atomic E-state index is 11.8. The molecule has 0 spiro atoms. The van der Waals surface area contributed by atoms with Crippen LogP contribution in [0.1, 0.15) is 76.5 Å². The Kier molecular flexibility index (Phi) is 8.43. The van der Waals surface area contributed by atoms with E-state index in [9.17, 15) is 18.5 Å². The Balaban J connectivity index is 1.22. The van der Waals surface area contributed by atoms with Gasteiger partial charge in [-0.25, -0.2) is 8.42 Å². The summed E-state index contributed by atoms with van der Waals surface area (Å²) in [4.78, 5) is 11.8. The Hall–Kier alpha value is -3.83. The van der Waals surface area contributed by atoms with Crippen molar-refractivity contribution < 1.29 is 27.4 Å². The van der Waals surface area contributed by atoms with E-state index >= 15 is 0 Å². The van der Waals surface area contributed by atoms with Gasteiger partial charge in [0, 0.05) is 17.0 Å². The molecule has 44 heavy (non-hydrogen) atoms. The topological polar surface area (TPSA) is 103 Å². The van der Waals surface area contributed by atoms with E-state index < -0.39 is 9.84 Å². The Morgan fingerprint density at radius 3 is 2.41 bits per heavy atom. The van der Waals surface area contributed by atoms with E-state index in [1.165, 1.54) is 23.8 Å². The van der Waals surface area contributed by atoms with Crippen LogP contribution in [0.2, 0.25) is 0 Å². The second kappa shape index (κ2) is 12.3. The minimum atomic E-state index is -2.89. The van der Waals surface area contributed by atoms with Crippen LogP contribution in [0.3, 0.4) is 0 Å². The fourth-order valence-electron chi connectivity index (χ4n) is 7.29. The van der Waals surface area contributed by atoms with Crippen LogP contribution < -0.4 is 9.47 Å². The van der Waals surface area contributed by atoms with Crippen molar-refractivity contribution in [2.24, 2.45) is 5.92 Å². The average Bonchev–Trinajstić information content (AvgIpc) is 3.59. The first-order valence-corrected chi connectivity index (χ1v) is 17.3. The molecule has 1 aliphatic carbocycles. The number of esters is 1. The van der Waals surface area contributed by atoms with Gasteiger partial charge in [-0.2, -0.15) is 5.26 Å². The monoisotopic (exact) mass is 613 g/mol. The second-order valence-electron chi connectivity index (χ2n) is 12.6. The summed E-state index contributed by atoms with van der Waals surface area (Å²) in [5, 5.41) is 10.1. The van der Waals surface area contributed by atoms with E-state index in [-0.39, 0.29) is 29.3 Å². The predicted octanol–water partition coefficient (Wildman–Crippen LogP) is 6.36. The van der Waals surface area contributed by atoms with E-state index in [1.807, 2.05) is 18.2 Å². The van der Waals surface area contributed by atoms with Crippen molar-refractivity contribution in [2.45, 2.75) is 64.2 Å². The SMILES string of the molecule is COC(=O)CC1COc2cc(CC3CCc4c3ccc(C#N)c4-c3c(C)cc(OCC4CCS(=O)(=O)CC4)cc3C)ccc21.